The number of aromatic nitrogens is 2. The Morgan fingerprint density at radius 3 is 2.52 bits per heavy atom. The van der Waals surface area contributed by atoms with Crippen molar-refractivity contribution in [2.75, 3.05) is 56.4 Å². The van der Waals surface area contributed by atoms with Gasteiger partial charge in [-0.3, -0.25) is 0 Å². The fourth-order valence-electron chi connectivity index (χ4n) is 2.74. The van der Waals surface area contributed by atoms with Gasteiger partial charge in [-0.2, -0.15) is 4.98 Å². The summed E-state index contributed by atoms with van der Waals surface area (Å²) in [4.78, 5) is 13.4. The lowest BCUT2D eigenvalue weighted by Gasteiger charge is -2.33. The highest BCUT2D eigenvalue weighted by Gasteiger charge is 2.22. The Morgan fingerprint density at radius 1 is 1.14 bits per heavy atom. The van der Waals surface area contributed by atoms with Gasteiger partial charge in [-0.15, -0.1) is 0 Å². The fourth-order valence-corrected chi connectivity index (χ4v) is 2.91. The molecule has 7 heteroatoms. The maximum atomic E-state index is 6.19. The van der Waals surface area contributed by atoms with Gasteiger partial charge in [-0.25, -0.2) is 4.98 Å². The van der Waals surface area contributed by atoms with Crippen LogP contribution in [0.5, 0.6) is 0 Å². The second kappa shape index (κ2) is 6.77. The van der Waals surface area contributed by atoms with E-state index in [9.17, 15) is 0 Å². The second-order valence-electron chi connectivity index (χ2n) is 5.40. The van der Waals surface area contributed by atoms with Gasteiger partial charge in [-0.1, -0.05) is 11.6 Å². The van der Waals surface area contributed by atoms with Crippen molar-refractivity contribution in [2.24, 2.45) is 0 Å². The van der Waals surface area contributed by atoms with Gasteiger partial charge in [0, 0.05) is 45.5 Å². The van der Waals surface area contributed by atoms with Crippen molar-refractivity contribution in [1.29, 1.82) is 0 Å². The standard InChI is InChI=1S/C14H21ClN4O2/c1-18(11-2-6-20-7-3-11)13-10-12(15)16-14(17-13)19-4-8-21-9-5-19/h10-11H,2-9H2,1H3. The average Bonchev–Trinajstić information content (AvgIpc) is 2.55. The van der Waals surface area contributed by atoms with Crippen LogP contribution in [-0.2, 0) is 9.47 Å². The van der Waals surface area contributed by atoms with Crippen LogP contribution in [0.15, 0.2) is 6.07 Å². The molecular weight excluding hydrogens is 292 g/mol. The molecule has 0 aromatic carbocycles. The number of ether oxygens (including phenoxy) is 2. The zero-order valence-corrected chi connectivity index (χ0v) is 13.1. The lowest BCUT2D eigenvalue weighted by molar-refractivity contribution is 0.0853. The number of hydrogen-bond donors (Lipinski definition) is 0. The van der Waals surface area contributed by atoms with Crippen molar-refractivity contribution in [3.63, 3.8) is 0 Å². The summed E-state index contributed by atoms with van der Waals surface area (Å²) in [5.74, 6) is 1.57. The smallest absolute Gasteiger partial charge is 0.228 e. The molecule has 2 saturated heterocycles. The summed E-state index contributed by atoms with van der Waals surface area (Å²) < 4.78 is 10.8. The highest BCUT2D eigenvalue weighted by Crippen LogP contribution is 2.24. The molecule has 21 heavy (non-hydrogen) atoms. The zero-order chi connectivity index (χ0) is 14.7. The van der Waals surface area contributed by atoms with E-state index in [-0.39, 0.29) is 0 Å². The molecule has 0 radical (unpaired) electrons. The molecule has 1 aromatic rings. The molecule has 3 rings (SSSR count). The van der Waals surface area contributed by atoms with E-state index >= 15 is 0 Å². The Labute approximate surface area is 130 Å². The van der Waals surface area contributed by atoms with E-state index in [1.54, 1.807) is 0 Å². The molecule has 0 spiro atoms. The number of rotatable bonds is 3. The lowest BCUT2D eigenvalue weighted by Crippen LogP contribution is -2.39. The van der Waals surface area contributed by atoms with Crippen LogP contribution in [0.3, 0.4) is 0 Å². The summed E-state index contributed by atoms with van der Waals surface area (Å²) in [7, 11) is 2.07. The second-order valence-corrected chi connectivity index (χ2v) is 5.79. The topological polar surface area (TPSA) is 50.7 Å². The van der Waals surface area contributed by atoms with Crippen molar-refractivity contribution in [2.45, 2.75) is 18.9 Å². The monoisotopic (exact) mass is 312 g/mol. The molecule has 2 aliphatic heterocycles. The number of nitrogens with zero attached hydrogens (tertiary/aromatic N) is 4. The summed E-state index contributed by atoms with van der Waals surface area (Å²) in [5, 5.41) is 0.486. The summed E-state index contributed by atoms with van der Waals surface area (Å²) >= 11 is 6.19. The minimum absolute atomic E-state index is 0.447. The first kappa shape index (κ1) is 14.8. The van der Waals surface area contributed by atoms with Crippen LogP contribution in [0, 0.1) is 0 Å². The van der Waals surface area contributed by atoms with Gasteiger partial charge in [0.25, 0.3) is 0 Å². The van der Waals surface area contributed by atoms with Gasteiger partial charge in [-0.05, 0) is 12.8 Å². The minimum atomic E-state index is 0.447. The van der Waals surface area contributed by atoms with Crippen molar-refractivity contribution in [3.8, 4) is 0 Å². The van der Waals surface area contributed by atoms with E-state index < -0.39 is 0 Å². The predicted molar refractivity (Wildman–Crippen MR) is 82.3 cm³/mol. The molecule has 0 aliphatic carbocycles. The van der Waals surface area contributed by atoms with Crippen molar-refractivity contribution in [1.82, 2.24) is 9.97 Å². The number of morpholine rings is 1. The van der Waals surface area contributed by atoms with Crippen LogP contribution in [0.2, 0.25) is 5.15 Å². The molecule has 0 saturated carbocycles. The van der Waals surface area contributed by atoms with Crippen molar-refractivity contribution in [3.05, 3.63) is 11.2 Å². The largest absolute Gasteiger partial charge is 0.381 e. The van der Waals surface area contributed by atoms with E-state index in [4.69, 9.17) is 26.1 Å². The number of hydrogen-bond acceptors (Lipinski definition) is 6. The molecule has 2 aliphatic rings. The number of halogens is 1. The van der Waals surface area contributed by atoms with Gasteiger partial charge >= 0.3 is 0 Å². The zero-order valence-electron chi connectivity index (χ0n) is 12.3. The molecule has 3 heterocycles. The Morgan fingerprint density at radius 2 is 1.81 bits per heavy atom. The predicted octanol–water partition coefficient (Wildman–Crippen LogP) is 1.58. The van der Waals surface area contributed by atoms with Crippen LogP contribution in [0.4, 0.5) is 11.8 Å². The minimum Gasteiger partial charge on any atom is -0.381 e. The van der Waals surface area contributed by atoms with Crippen LogP contribution in [0.1, 0.15) is 12.8 Å². The SMILES string of the molecule is CN(c1cc(Cl)nc(N2CCOCC2)n1)C1CCOCC1. The normalized spacial score (nSPS) is 20.6. The van der Waals surface area contributed by atoms with E-state index in [0.29, 0.717) is 30.4 Å². The van der Waals surface area contributed by atoms with Crippen LogP contribution in [0.25, 0.3) is 0 Å². The molecule has 116 valence electrons. The number of anilines is 2. The van der Waals surface area contributed by atoms with Gasteiger partial charge in [0.1, 0.15) is 11.0 Å². The van der Waals surface area contributed by atoms with E-state index in [0.717, 1.165) is 45.0 Å². The third-order valence-electron chi connectivity index (χ3n) is 4.06. The van der Waals surface area contributed by atoms with Crippen molar-refractivity contribution >= 4 is 23.4 Å². The van der Waals surface area contributed by atoms with Crippen molar-refractivity contribution < 1.29 is 9.47 Å². The Hall–Kier alpha value is -1.11. The van der Waals surface area contributed by atoms with Gasteiger partial charge in [0.15, 0.2) is 0 Å². The van der Waals surface area contributed by atoms with Crippen LogP contribution >= 0.6 is 11.6 Å². The lowest BCUT2D eigenvalue weighted by atomic mass is 10.1. The molecule has 0 unspecified atom stereocenters. The van der Waals surface area contributed by atoms with Gasteiger partial charge in [0.2, 0.25) is 5.95 Å². The highest BCUT2D eigenvalue weighted by atomic mass is 35.5. The average molecular weight is 313 g/mol. The summed E-state index contributed by atoms with van der Waals surface area (Å²) in [6, 6.07) is 2.28. The van der Waals surface area contributed by atoms with E-state index in [2.05, 4.69) is 21.8 Å². The molecule has 2 fully saturated rings. The quantitative estimate of drug-likeness (QED) is 0.790. The Bertz CT molecular complexity index is 476. The van der Waals surface area contributed by atoms with Gasteiger partial charge in [0.05, 0.1) is 13.2 Å². The summed E-state index contributed by atoms with van der Waals surface area (Å²) in [5.41, 5.74) is 0. The molecular formula is C14H21ClN4O2. The van der Waals surface area contributed by atoms with E-state index in [1.807, 2.05) is 6.07 Å². The first-order chi connectivity index (χ1) is 10.2. The molecule has 0 bridgehead atoms. The Kier molecular flexibility index (Phi) is 4.77. The summed E-state index contributed by atoms with van der Waals surface area (Å²) in [6.45, 7) is 4.65. The molecule has 6 nitrogen and oxygen atoms in total. The third-order valence-corrected chi connectivity index (χ3v) is 4.26. The third kappa shape index (κ3) is 3.56. The first-order valence-corrected chi connectivity index (χ1v) is 7.80. The Balaban J connectivity index is 1.79. The first-order valence-electron chi connectivity index (χ1n) is 7.42. The molecule has 0 amide bonds. The van der Waals surface area contributed by atoms with Gasteiger partial charge < -0.3 is 19.3 Å². The maximum Gasteiger partial charge on any atom is 0.228 e. The van der Waals surface area contributed by atoms with E-state index in [1.165, 1.54) is 0 Å². The molecule has 0 N–H and O–H groups in total. The fraction of sp³-hybridized carbons (Fsp3) is 0.714. The maximum absolute atomic E-state index is 6.19. The highest BCUT2D eigenvalue weighted by molar-refractivity contribution is 6.29. The molecule has 1 aromatic heterocycles. The molecule has 0 atom stereocenters. The summed E-state index contributed by atoms with van der Waals surface area (Å²) in [6.07, 6.45) is 2.04. The van der Waals surface area contributed by atoms with Crippen LogP contribution < -0.4 is 9.80 Å². The van der Waals surface area contributed by atoms with Crippen LogP contribution in [-0.4, -0.2) is 62.6 Å².